The van der Waals surface area contributed by atoms with Crippen molar-refractivity contribution < 1.29 is 0 Å². The number of pyridine rings is 1. The van der Waals surface area contributed by atoms with Crippen molar-refractivity contribution in [1.29, 1.82) is 5.26 Å². The molecule has 142 valence electrons. The van der Waals surface area contributed by atoms with Gasteiger partial charge in [-0.05, 0) is 42.0 Å². The number of aromatic nitrogens is 4. The number of hydrogen-bond donors (Lipinski definition) is 0. The minimum Gasteiger partial charge on any atom is -0.270 e. The van der Waals surface area contributed by atoms with Crippen LogP contribution in [-0.2, 0) is 5.75 Å². The van der Waals surface area contributed by atoms with Crippen molar-refractivity contribution in [1.82, 2.24) is 19.7 Å². The van der Waals surface area contributed by atoms with Gasteiger partial charge < -0.3 is 0 Å². The van der Waals surface area contributed by atoms with Crippen molar-refractivity contribution in [3.8, 4) is 23.1 Å². The molecule has 4 aromatic rings. The van der Waals surface area contributed by atoms with E-state index in [1.807, 2.05) is 41.0 Å². The number of benzene rings is 2. The molecule has 0 amide bonds. The third-order valence-corrected chi connectivity index (χ3v) is 5.93. The summed E-state index contributed by atoms with van der Waals surface area (Å²) < 4.78 is 1.92. The number of hydrogen-bond acceptors (Lipinski definition) is 5. The van der Waals surface area contributed by atoms with Gasteiger partial charge in [0.25, 0.3) is 0 Å². The van der Waals surface area contributed by atoms with Crippen LogP contribution in [0.15, 0.2) is 72.1 Å². The Labute approximate surface area is 182 Å². The van der Waals surface area contributed by atoms with E-state index in [9.17, 15) is 5.26 Å². The fraction of sp³-hybridized carbons (Fsp3) is 0.0476. The van der Waals surface area contributed by atoms with Crippen LogP contribution in [0.3, 0.4) is 0 Å². The molecule has 2 aromatic carbocycles. The molecule has 0 atom stereocenters. The molecule has 2 heterocycles. The first-order valence-electron chi connectivity index (χ1n) is 8.59. The first kappa shape index (κ1) is 19.5. The van der Waals surface area contributed by atoms with Crippen molar-refractivity contribution in [3.63, 3.8) is 0 Å². The fourth-order valence-electron chi connectivity index (χ4n) is 2.80. The highest BCUT2D eigenvalue weighted by Gasteiger charge is 2.17. The van der Waals surface area contributed by atoms with Crippen LogP contribution in [0.4, 0.5) is 0 Å². The molecule has 8 heteroatoms. The summed E-state index contributed by atoms with van der Waals surface area (Å²) >= 11 is 13.8. The lowest BCUT2D eigenvalue weighted by molar-refractivity contribution is 0.886. The van der Waals surface area contributed by atoms with Crippen LogP contribution in [0.1, 0.15) is 11.1 Å². The monoisotopic (exact) mass is 437 g/mol. The summed E-state index contributed by atoms with van der Waals surface area (Å²) in [5.74, 6) is 1.23. The topological polar surface area (TPSA) is 67.4 Å². The molecular formula is C21H13Cl2N5S. The maximum atomic E-state index is 9.33. The summed E-state index contributed by atoms with van der Waals surface area (Å²) in [5.41, 5.74) is 3.20. The zero-order valence-corrected chi connectivity index (χ0v) is 17.3. The van der Waals surface area contributed by atoms with E-state index in [1.54, 1.807) is 30.6 Å². The zero-order chi connectivity index (χ0) is 20.2. The lowest BCUT2D eigenvalue weighted by Crippen LogP contribution is -2.00. The molecule has 2 aromatic heterocycles. The lowest BCUT2D eigenvalue weighted by Gasteiger charge is -2.11. The van der Waals surface area contributed by atoms with E-state index in [1.165, 1.54) is 11.8 Å². The standard InChI is InChI=1S/C21H13Cl2N5S/c22-18-8-7-17(10-19(18)23)28-20(15-6-3-9-25-12-15)26-27-21(28)29-13-16-5-2-1-4-14(16)11-24/h1-10,12H,13H2. The van der Waals surface area contributed by atoms with Crippen molar-refractivity contribution in [2.45, 2.75) is 10.9 Å². The Hall–Kier alpha value is -2.85. The predicted octanol–water partition coefficient (Wildman–Crippen LogP) is 5.80. The average Bonchev–Trinajstić information content (AvgIpc) is 3.19. The molecule has 0 saturated heterocycles. The van der Waals surface area contributed by atoms with Gasteiger partial charge in [0.05, 0.1) is 27.4 Å². The Kier molecular flexibility index (Phi) is 5.81. The predicted molar refractivity (Wildman–Crippen MR) is 115 cm³/mol. The highest BCUT2D eigenvalue weighted by molar-refractivity contribution is 7.98. The molecule has 4 rings (SSSR count). The van der Waals surface area contributed by atoms with E-state index in [0.29, 0.717) is 32.3 Å². The summed E-state index contributed by atoms with van der Waals surface area (Å²) in [6.45, 7) is 0. The fourth-order valence-corrected chi connectivity index (χ4v) is 4.05. The van der Waals surface area contributed by atoms with Crippen molar-refractivity contribution in [2.75, 3.05) is 0 Å². The molecule has 0 spiro atoms. The second-order valence-electron chi connectivity index (χ2n) is 6.04. The molecule has 0 aliphatic carbocycles. The highest BCUT2D eigenvalue weighted by Crippen LogP contribution is 2.32. The van der Waals surface area contributed by atoms with Crippen LogP contribution in [-0.4, -0.2) is 19.7 Å². The second-order valence-corrected chi connectivity index (χ2v) is 7.80. The van der Waals surface area contributed by atoms with Crippen molar-refractivity contribution in [2.24, 2.45) is 0 Å². The van der Waals surface area contributed by atoms with Crippen molar-refractivity contribution in [3.05, 3.63) is 88.2 Å². The Bertz CT molecular complexity index is 1200. The Morgan fingerprint density at radius 2 is 1.86 bits per heavy atom. The highest BCUT2D eigenvalue weighted by atomic mass is 35.5. The molecule has 0 bridgehead atoms. The lowest BCUT2D eigenvalue weighted by atomic mass is 10.1. The number of nitrogens with zero attached hydrogens (tertiary/aromatic N) is 5. The maximum Gasteiger partial charge on any atom is 0.196 e. The van der Waals surface area contributed by atoms with E-state index >= 15 is 0 Å². The number of rotatable bonds is 5. The van der Waals surface area contributed by atoms with Gasteiger partial charge in [0.2, 0.25) is 0 Å². The first-order chi connectivity index (χ1) is 14.2. The molecule has 0 fully saturated rings. The van der Waals surface area contributed by atoms with E-state index in [4.69, 9.17) is 23.2 Å². The van der Waals surface area contributed by atoms with Gasteiger partial charge in [0.1, 0.15) is 0 Å². The molecule has 0 radical (unpaired) electrons. The van der Waals surface area contributed by atoms with Crippen LogP contribution in [0.25, 0.3) is 17.1 Å². The van der Waals surface area contributed by atoms with Crippen LogP contribution < -0.4 is 0 Å². The molecule has 5 nitrogen and oxygen atoms in total. The number of thioether (sulfide) groups is 1. The molecular weight excluding hydrogens is 425 g/mol. The van der Waals surface area contributed by atoms with Gasteiger partial charge in [-0.2, -0.15) is 5.26 Å². The van der Waals surface area contributed by atoms with E-state index in [0.717, 1.165) is 16.8 Å². The summed E-state index contributed by atoms with van der Waals surface area (Å²) in [7, 11) is 0. The van der Waals surface area contributed by atoms with Crippen LogP contribution in [0.2, 0.25) is 10.0 Å². The summed E-state index contributed by atoms with van der Waals surface area (Å²) in [6.07, 6.45) is 3.44. The van der Waals surface area contributed by atoms with Gasteiger partial charge >= 0.3 is 0 Å². The van der Waals surface area contributed by atoms with Crippen LogP contribution >= 0.6 is 35.0 Å². The molecule has 0 aliphatic heterocycles. The SMILES string of the molecule is N#Cc1ccccc1CSc1nnc(-c2cccnc2)n1-c1ccc(Cl)c(Cl)c1. The average molecular weight is 438 g/mol. The van der Waals surface area contributed by atoms with Crippen LogP contribution in [0.5, 0.6) is 0 Å². The largest absolute Gasteiger partial charge is 0.270 e. The minimum atomic E-state index is 0.445. The molecule has 0 unspecified atom stereocenters. The van der Waals surface area contributed by atoms with E-state index < -0.39 is 0 Å². The van der Waals surface area contributed by atoms with Crippen LogP contribution in [0, 0.1) is 11.3 Å². The van der Waals surface area contributed by atoms with Gasteiger partial charge in [-0.25, -0.2) is 0 Å². The van der Waals surface area contributed by atoms with Gasteiger partial charge in [-0.15, -0.1) is 10.2 Å². The van der Waals surface area contributed by atoms with Gasteiger partial charge in [-0.1, -0.05) is 53.2 Å². The third-order valence-electron chi connectivity index (χ3n) is 4.21. The van der Waals surface area contributed by atoms with Gasteiger partial charge in [0.15, 0.2) is 11.0 Å². The maximum absolute atomic E-state index is 9.33. The van der Waals surface area contributed by atoms with Gasteiger partial charge in [-0.3, -0.25) is 9.55 Å². The second kappa shape index (κ2) is 8.66. The smallest absolute Gasteiger partial charge is 0.196 e. The molecule has 0 aliphatic rings. The Morgan fingerprint density at radius 1 is 1.00 bits per heavy atom. The van der Waals surface area contributed by atoms with E-state index in [-0.39, 0.29) is 0 Å². The molecule has 0 saturated carbocycles. The summed E-state index contributed by atoms with van der Waals surface area (Å²) in [4.78, 5) is 4.18. The molecule has 0 N–H and O–H groups in total. The molecule has 29 heavy (non-hydrogen) atoms. The quantitative estimate of drug-likeness (QED) is 0.369. The normalized spacial score (nSPS) is 10.7. The van der Waals surface area contributed by atoms with Gasteiger partial charge in [0, 0.05) is 23.7 Å². The number of halogens is 2. The summed E-state index contributed by atoms with van der Waals surface area (Å²) in [6, 6.07) is 18.9. The summed E-state index contributed by atoms with van der Waals surface area (Å²) in [5, 5.41) is 19.7. The van der Waals surface area contributed by atoms with E-state index in [2.05, 4.69) is 21.3 Å². The Morgan fingerprint density at radius 3 is 2.62 bits per heavy atom. The Balaban J connectivity index is 1.77. The minimum absolute atomic E-state index is 0.445. The third kappa shape index (κ3) is 4.13. The van der Waals surface area contributed by atoms with Crippen molar-refractivity contribution >= 4 is 35.0 Å². The number of nitriles is 1. The zero-order valence-electron chi connectivity index (χ0n) is 15.0. The first-order valence-corrected chi connectivity index (χ1v) is 10.3.